The summed E-state index contributed by atoms with van der Waals surface area (Å²) in [4.78, 5) is 24.3. The van der Waals surface area contributed by atoms with Crippen LogP contribution in [0.1, 0.15) is 35.3 Å². The number of hydrogen-bond donors (Lipinski definition) is 2. The average molecular weight is 381 g/mol. The molecule has 0 heterocycles. The third kappa shape index (κ3) is 4.86. The summed E-state index contributed by atoms with van der Waals surface area (Å²) in [5.74, 6) is -0.326. The lowest BCUT2D eigenvalue weighted by molar-refractivity contribution is -0.121. The number of fused-ring (bicyclic) bond motifs is 1. The highest BCUT2D eigenvalue weighted by Crippen LogP contribution is 2.24. The Kier molecular flexibility index (Phi) is 6.09. The lowest BCUT2D eigenvalue weighted by Crippen LogP contribution is -2.32. The molecule has 0 radical (unpaired) electrons. The predicted octanol–water partition coefficient (Wildman–Crippen LogP) is 4.49. The van der Waals surface area contributed by atoms with Crippen molar-refractivity contribution in [2.24, 2.45) is 0 Å². The molecule has 27 heavy (non-hydrogen) atoms. The summed E-state index contributed by atoms with van der Waals surface area (Å²) in [5.41, 5.74) is 1.59. The van der Waals surface area contributed by atoms with Crippen LogP contribution >= 0.6 is 11.6 Å². The molecular weight excluding hydrogens is 360 g/mol. The molecule has 2 N–H and O–H groups in total. The van der Waals surface area contributed by atoms with Crippen molar-refractivity contribution in [2.45, 2.75) is 19.4 Å². The molecule has 0 saturated heterocycles. The number of carbonyl (C=O) groups is 2. The Hall–Kier alpha value is -2.85. The van der Waals surface area contributed by atoms with Gasteiger partial charge in [0.05, 0.1) is 6.04 Å². The van der Waals surface area contributed by atoms with Gasteiger partial charge in [-0.05, 0) is 47.5 Å². The minimum absolute atomic E-state index is 0.105. The molecule has 1 atom stereocenters. The van der Waals surface area contributed by atoms with Gasteiger partial charge in [0.1, 0.15) is 0 Å². The number of halogens is 1. The van der Waals surface area contributed by atoms with Gasteiger partial charge in [0.15, 0.2) is 0 Å². The van der Waals surface area contributed by atoms with Gasteiger partial charge in [-0.3, -0.25) is 9.59 Å². The van der Waals surface area contributed by atoms with E-state index in [1.807, 2.05) is 31.2 Å². The number of nitrogens with one attached hydrogen (secondary N) is 2. The SMILES string of the molecule is CC(NC(=O)CCNC(=O)c1ccc(Cl)cc1)c1cccc2ccccc12. The van der Waals surface area contributed by atoms with Crippen molar-refractivity contribution in [3.05, 3.63) is 82.9 Å². The maximum atomic E-state index is 12.2. The van der Waals surface area contributed by atoms with Crippen LogP contribution in [-0.2, 0) is 4.79 Å². The van der Waals surface area contributed by atoms with Crippen molar-refractivity contribution in [3.8, 4) is 0 Å². The summed E-state index contributed by atoms with van der Waals surface area (Å²) in [7, 11) is 0. The first-order valence-corrected chi connectivity index (χ1v) is 9.23. The van der Waals surface area contributed by atoms with E-state index in [4.69, 9.17) is 11.6 Å². The largest absolute Gasteiger partial charge is 0.352 e. The van der Waals surface area contributed by atoms with E-state index in [9.17, 15) is 9.59 Å². The maximum absolute atomic E-state index is 12.2. The van der Waals surface area contributed by atoms with E-state index >= 15 is 0 Å². The van der Waals surface area contributed by atoms with Gasteiger partial charge in [-0.25, -0.2) is 0 Å². The molecule has 0 aliphatic rings. The first kappa shape index (κ1) is 18.9. The van der Waals surface area contributed by atoms with Crippen LogP contribution in [0, 0.1) is 0 Å². The topological polar surface area (TPSA) is 58.2 Å². The first-order chi connectivity index (χ1) is 13.0. The first-order valence-electron chi connectivity index (χ1n) is 8.85. The van der Waals surface area contributed by atoms with E-state index in [2.05, 4.69) is 28.8 Å². The zero-order valence-corrected chi connectivity index (χ0v) is 15.8. The molecule has 0 spiro atoms. The van der Waals surface area contributed by atoms with E-state index < -0.39 is 0 Å². The molecule has 4 nitrogen and oxygen atoms in total. The van der Waals surface area contributed by atoms with Crippen LogP contribution in [0.3, 0.4) is 0 Å². The Bertz CT molecular complexity index is 949. The summed E-state index contributed by atoms with van der Waals surface area (Å²) in [5, 5.41) is 8.60. The van der Waals surface area contributed by atoms with E-state index in [-0.39, 0.29) is 30.8 Å². The molecule has 0 fully saturated rings. The highest BCUT2D eigenvalue weighted by Gasteiger charge is 2.12. The molecule has 3 aromatic rings. The van der Waals surface area contributed by atoms with Crippen LogP contribution in [0.15, 0.2) is 66.7 Å². The monoisotopic (exact) mass is 380 g/mol. The highest BCUT2D eigenvalue weighted by atomic mass is 35.5. The van der Waals surface area contributed by atoms with Crippen molar-refractivity contribution in [3.63, 3.8) is 0 Å². The molecule has 3 aromatic carbocycles. The molecule has 1 unspecified atom stereocenters. The van der Waals surface area contributed by atoms with Crippen LogP contribution < -0.4 is 10.6 Å². The number of carbonyl (C=O) groups excluding carboxylic acids is 2. The molecule has 5 heteroatoms. The summed E-state index contributed by atoms with van der Waals surface area (Å²) in [6, 6.07) is 20.7. The van der Waals surface area contributed by atoms with Crippen molar-refractivity contribution in [1.82, 2.24) is 10.6 Å². The maximum Gasteiger partial charge on any atom is 0.251 e. The standard InChI is InChI=1S/C22H21ClN2O2/c1-15(19-8-4-6-16-5-2-3-7-20(16)19)25-21(26)13-14-24-22(27)17-9-11-18(23)12-10-17/h2-12,15H,13-14H2,1H3,(H,24,27)(H,25,26). The molecule has 0 aliphatic carbocycles. The van der Waals surface area contributed by atoms with Crippen molar-refractivity contribution in [1.29, 1.82) is 0 Å². The summed E-state index contributed by atoms with van der Waals surface area (Å²) < 4.78 is 0. The molecule has 0 aliphatic heterocycles. The van der Waals surface area contributed by atoms with Crippen molar-refractivity contribution in [2.75, 3.05) is 6.54 Å². The van der Waals surface area contributed by atoms with Gasteiger partial charge in [0.2, 0.25) is 5.91 Å². The van der Waals surface area contributed by atoms with Crippen molar-refractivity contribution >= 4 is 34.2 Å². The second kappa shape index (κ2) is 8.69. The molecule has 3 rings (SSSR count). The van der Waals surface area contributed by atoms with Gasteiger partial charge in [-0.15, -0.1) is 0 Å². The van der Waals surface area contributed by atoms with E-state index in [0.717, 1.165) is 16.3 Å². The van der Waals surface area contributed by atoms with Gasteiger partial charge < -0.3 is 10.6 Å². The molecule has 0 saturated carbocycles. The second-order valence-electron chi connectivity index (χ2n) is 6.37. The van der Waals surface area contributed by atoms with Crippen LogP contribution in [-0.4, -0.2) is 18.4 Å². The van der Waals surface area contributed by atoms with Crippen LogP contribution in [0.2, 0.25) is 5.02 Å². The Morgan fingerprint density at radius 2 is 1.67 bits per heavy atom. The third-order valence-electron chi connectivity index (χ3n) is 4.41. The van der Waals surface area contributed by atoms with Gasteiger partial charge >= 0.3 is 0 Å². The minimum Gasteiger partial charge on any atom is -0.352 e. The van der Waals surface area contributed by atoms with E-state index in [1.165, 1.54) is 0 Å². The van der Waals surface area contributed by atoms with E-state index in [0.29, 0.717) is 10.6 Å². The Morgan fingerprint density at radius 3 is 2.44 bits per heavy atom. The van der Waals surface area contributed by atoms with Gasteiger partial charge in [0, 0.05) is 23.6 Å². The van der Waals surface area contributed by atoms with Crippen LogP contribution in [0.25, 0.3) is 10.8 Å². The van der Waals surface area contributed by atoms with Gasteiger partial charge in [-0.2, -0.15) is 0 Å². The average Bonchev–Trinajstić information content (AvgIpc) is 2.68. The summed E-state index contributed by atoms with van der Waals surface area (Å²) in [6.07, 6.45) is 0.217. The zero-order valence-electron chi connectivity index (χ0n) is 15.0. The Morgan fingerprint density at radius 1 is 0.963 bits per heavy atom. The second-order valence-corrected chi connectivity index (χ2v) is 6.81. The normalized spacial score (nSPS) is 11.8. The number of rotatable bonds is 6. The summed E-state index contributed by atoms with van der Waals surface area (Å²) in [6.45, 7) is 2.24. The molecular formula is C22H21ClN2O2. The molecule has 138 valence electrons. The Labute approximate surface area is 163 Å². The highest BCUT2D eigenvalue weighted by molar-refractivity contribution is 6.30. The minimum atomic E-state index is -0.221. The number of hydrogen-bond acceptors (Lipinski definition) is 2. The number of amides is 2. The lowest BCUT2D eigenvalue weighted by Gasteiger charge is -2.17. The predicted molar refractivity (Wildman–Crippen MR) is 109 cm³/mol. The van der Waals surface area contributed by atoms with E-state index in [1.54, 1.807) is 24.3 Å². The zero-order chi connectivity index (χ0) is 19.2. The fourth-order valence-corrected chi connectivity index (χ4v) is 3.14. The molecule has 0 aromatic heterocycles. The smallest absolute Gasteiger partial charge is 0.251 e. The summed E-state index contributed by atoms with van der Waals surface area (Å²) >= 11 is 5.81. The fraction of sp³-hybridized carbons (Fsp3) is 0.182. The van der Waals surface area contributed by atoms with Gasteiger partial charge in [0.25, 0.3) is 5.91 Å². The van der Waals surface area contributed by atoms with Crippen molar-refractivity contribution < 1.29 is 9.59 Å². The fourth-order valence-electron chi connectivity index (χ4n) is 3.01. The molecule has 2 amide bonds. The van der Waals surface area contributed by atoms with Crippen LogP contribution in [0.4, 0.5) is 0 Å². The lowest BCUT2D eigenvalue weighted by atomic mass is 9.99. The molecule has 0 bridgehead atoms. The van der Waals surface area contributed by atoms with Crippen LogP contribution in [0.5, 0.6) is 0 Å². The quantitative estimate of drug-likeness (QED) is 0.661. The number of benzene rings is 3. The third-order valence-corrected chi connectivity index (χ3v) is 4.66. The Balaban J connectivity index is 1.53. The van der Waals surface area contributed by atoms with Gasteiger partial charge in [-0.1, -0.05) is 54.1 Å².